The van der Waals surface area contributed by atoms with Crippen molar-refractivity contribution in [3.8, 4) is 0 Å². The van der Waals surface area contributed by atoms with Gasteiger partial charge in [0.1, 0.15) is 0 Å². The molecule has 1 aliphatic heterocycles. The first-order valence-corrected chi connectivity index (χ1v) is 6.56. The molecule has 0 spiro atoms. The van der Waals surface area contributed by atoms with Gasteiger partial charge in [0.15, 0.2) is 0 Å². The Balaban J connectivity index is 1.88. The number of pyridine rings is 1. The smallest absolute Gasteiger partial charge is 0.306 e. The minimum Gasteiger partial charge on any atom is -0.481 e. The second-order valence-electron chi connectivity index (χ2n) is 4.97. The zero-order chi connectivity index (χ0) is 13.2. The highest BCUT2D eigenvalue weighted by atomic mass is 16.4. The summed E-state index contributed by atoms with van der Waals surface area (Å²) in [6.45, 7) is 1.61. The highest BCUT2D eigenvalue weighted by Crippen LogP contribution is 2.29. The Morgan fingerprint density at radius 2 is 2.05 bits per heavy atom. The molecule has 0 amide bonds. The lowest BCUT2D eigenvalue weighted by Gasteiger charge is -2.32. The van der Waals surface area contributed by atoms with Crippen molar-refractivity contribution in [3.05, 3.63) is 36.7 Å². The first-order valence-electron chi connectivity index (χ1n) is 6.56. The van der Waals surface area contributed by atoms with E-state index in [2.05, 4.69) is 22.0 Å². The number of hydrogen-bond donors (Lipinski definition) is 1. The number of carbonyl (C=O) groups is 1. The van der Waals surface area contributed by atoms with Crippen LogP contribution >= 0.6 is 0 Å². The molecule has 0 atom stereocenters. The van der Waals surface area contributed by atoms with Gasteiger partial charge in [-0.15, -0.1) is 0 Å². The molecule has 1 aliphatic rings. The van der Waals surface area contributed by atoms with E-state index in [9.17, 15) is 4.79 Å². The largest absolute Gasteiger partial charge is 0.481 e. The van der Waals surface area contributed by atoms with Crippen LogP contribution in [-0.2, 0) is 4.79 Å². The van der Waals surface area contributed by atoms with Gasteiger partial charge in [-0.2, -0.15) is 0 Å². The summed E-state index contributed by atoms with van der Waals surface area (Å²) >= 11 is 0. The van der Waals surface area contributed by atoms with E-state index in [0.29, 0.717) is 0 Å². The summed E-state index contributed by atoms with van der Waals surface area (Å²) < 4.78 is 0. The second kappa shape index (κ2) is 4.88. The van der Waals surface area contributed by atoms with Gasteiger partial charge in [-0.1, -0.05) is 12.1 Å². The van der Waals surface area contributed by atoms with Gasteiger partial charge in [-0.05, 0) is 25.0 Å². The summed E-state index contributed by atoms with van der Waals surface area (Å²) in [6, 6.07) is 8.20. The lowest BCUT2D eigenvalue weighted by Crippen LogP contribution is -2.36. The fourth-order valence-electron chi connectivity index (χ4n) is 2.75. The maximum Gasteiger partial charge on any atom is 0.306 e. The highest BCUT2D eigenvalue weighted by Gasteiger charge is 2.25. The van der Waals surface area contributed by atoms with Crippen molar-refractivity contribution >= 4 is 22.4 Å². The summed E-state index contributed by atoms with van der Waals surface area (Å²) in [4.78, 5) is 17.4. The Kier molecular flexibility index (Phi) is 3.07. The molecule has 4 nitrogen and oxygen atoms in total. The number of carboxylic acids is 1. The second-order valence-corrected chi connectivity index (χ2v) is 4.97. The Hall–Kier alpha value is -2.10. The third-order valence-corrected chi connectivity index (χ3v) is 3.84. The fraction of sp³-hybridized carbons (Fsp3) is 0.333. The van der Waals surface area contributed by atoms with Crippen LogP contribution in [0.2, 0.25) is 0 Å². The van der Waals surface area contributed by atoms with Crippen molar-refractivity contribution in [2.45, 2.75) is 12.8 Å². The predicted octanol–water partition coefficient (Wildman–Crippen LogP) is 2.54. The van der Waals surface area contributed by atoms with E-state index in [1.807, 2.05) is 18.3 Å². The van der Waals surface area contributed by atoms with Gasteiger partial charge < -0.3 is 10.0 Å². The SMILES string of the molecule is O=C(O)C1CCN(c2cccc3cnccc23)CC1. The van der Waals surface area contributed by atoms with Crippen molar-refractivity contribution in [1.82, 2.24) is 4.98 Å². The first-order chi connectivity index (χ1) is 9.25. The lowest BCUT2D eigenvalue weighted by atomic mass is 9.96. The molecule has 1 aromatic carbocycles. The van der Waals surface area contributed by atoms with Crippen molar-refractivity contribution in [2.75, 3.05) is 18.0 Å². The van der Waals surface area contributed by atoms with Crippen LogP contribution in [0.25, 0.3) is 10.8 Å². The summed E-state index contributed by atoms with van der Waals surface area (Å²) in [5, 5.41) is 11.4. The summed E-state index contributed by atoms with van der Waals surface area (Å²) in [6.07, 6.45) is 5.10. The van der Waals surface area contributed by atoms with Crippen molar-refractivity contribution < 1.29 is 9.90 Å². The molecule has 4 heteroatoms. The fourth-order valence-corrected chi connectivity index (χ4v) is 2.75. The average molecular weight is 256 g/mol. The molecule has 2 aromatic rings. The first kappa shape index (κ1) is 12.0. The minimum absolute atomic E-state index is 0.187. The van der Waals surface area contributed by atoms with Crippen LogP contribution in [-0.4, -0.2) is 29.1 Å². The number of piperidine rings is 1. The molecule has 2 heterocycles. The molecule has 19 heavy (non-hydrogen) atoms. The number of aromatic nitrogens is 1. The van der Waals surface area contributed by atoms with Crippen LogP contribution in [0.3, 0.4) is 0 Å². The highest BCUT2D eigenvalue weighted by molar-refractivity contribution is 5.93. The standard InChI is InChI=1S/C15H16N2O2/c18-15(19)11-5-8-17(9-6-11)14-3-1-2-12-10-16-7-4-13(12)14/h1-4,7,10-11H,5-6,8-9H2,(H,18,19). The van der Waals surface area contributed by atoms with Crippen LogP contribution in [0.1, 0.15) is 12.8 Å². The minimum atomic E-state index is -0.665. The molecule has 0 aliphatic carbocycles. The van der Waals surface area contributed by atoms with Gasteiger partial charge in [-0.3, -0.25) is 9.78 Å². The third kappa shape index (κ3) is 2.26. The van der Waals surface area contributed by atoms with Crippen molar-refractivity contribution in [1.29, 1.82) is 0 Å². The van der Waals surface area contributed by atoms with E-state index >= 15 is 0 Å². The van der Waals surface area contributed by atoms with E-state index in [1.165, 1.54) is 11.1 Å². The van der Waals surface area contributed by atoms with Gasteiger partial charge >= 0.3 is 5.97 Å². The molecular weight excluding hydrogens is 240 g/mol. The third-order valence-electron chi connectivity index (χ3n) is 3.84. The number of benzene rings is 1. The molecule has 1 aromatic heterocycles. The molecule has 1 fully saturated rings. The number of rotatable bonds is 2. The van der Waals surface area contributed by atoms with Crippen LogP contribution in [0.4, 0.5) is 5.69 Å². The molecular formula is C15H16N2O2. The van der Waals surface area contributed by atoms with Crippen LogP contribution in [0.5, 0.6) is 0 Å². The molecule has 1 saturated heterocycles. The number of carboxylic acid groups (broad SMARTS) is 1. The average Bonchev–Trinajstić information content (AvgIpc) is 2.47. The van der Waals surface area contributed by atoms with Crippen molar-refractivity contribution in [2.24, 2.45) is 5.92 Å². The van der Waals surface area contributed by atoms with Crippen molar-refractivity contribution in [3.63, 3.8) is 0 Å². The van der Waals surface area contributed by atoms with Crippen LogP contribution in [0, 0.1) is 5.92 Å². The Bertz CT molecular complexity index is 599. The lowest BCUT2D eigenvalue weighted by molar-refractivity contribution is -0.142. The summed E-state index contributed by atoms with van der Waals surface area (Å²) in [5.74, 6) is -0.852. The van der Waals surface area contributed by atoms with E-state index in [4.69, 9.17) is 5.11 Å². The van der Waals surface area contributed by atoms with Gasteiger partial charge in [0.25, 0.3) is 0 Å². The number of hydrogen-bond acceptors (Lipinski definition) is 3. The molecule has 0 saturated carbocycles. The van der Waals surface area contributed by atoms with Gasteiger partial charge in [0.2, 0.25) is 0 Å². The van der Waals surface area contributed by atoms with E-state index in [0.717, 1.165) is 31.3 Å². The van der Waals surface area contributed by atoms with Gasteiger partial charge in [0.05, 0.1) is 5.92 Å². The van der Waals surface area contributed by atoms with Gasteiger partial charge in [0, 0.05) is 41.9 Å². The summed E-state index contributed by atoms with van der Waals surface area (Å²) in [7, 11) is 0. The van der Waals surface area contributed by atoms with E-state index < -0.39 is 5.97 Å². The zero-order valence-electron chi connectivity index (χ0n) is 10.6. The number of aliphatic carboxylic acids is 1. The Morgan fingerprint density at radius 3 is 2.79 bits per heavy atom. The molecule has 3 rings (SSSR count). The maximum atomic E-state index is 11.0. The molecule has 0 bridgehead atoms. The number of nitrogens with zero attached hydrogens (tertiary/aromatic N) is 2. The monoisotopic (exact) mass is 256 g/mol. The molecule has 0 unspecified atom stereocenters. The van der Waals surface area contributed by atoms with Crippen LogP contribution < -0.4 is 4.90 Å². The topological polar surface area (TPSA) is 53.4 Å². The van der Waals surface area contributed by atoms with Gasteiger partial charge in [-0.25, -0.2) is 0 Å². The van der Waals surface area contributed by atoms with E-state index in [-0.39, 0.29) is 5.92 Å². The van der Waals surface area contributed by atoms with E-state index in [1.54, 1.807) is 6.20 Å². The molecule has 98 valence electrons. The van der Waals surface area contributed by atoms with Crippen LogP contribution in [0.15, 0.2) is 36.7 Å². The molecule has 0 radical (unpaired) electrons. The quantitative estimate of drug-likeness (QED) is 0.897. The Morgan fingerprint density at radius 1 is 1.26 bits per heavy atom. The number of fused-ring (bicyclic) bond motifs is 1. The maximum absolute atomic E-state index is 11.0. The normalized spacial score (nSPS) is 16.7. The number of anilines is 1. The Labute approximate surface area is 111 Å². The molecule has 1 N–H and O–H groups in total. The summed E-state index contributed by atoms with van der Waals surface area (Å²) in [5.41, 5.74) is 1.18. The predicted molar refractivity (Wildman–Crippen MR) is 74.3 cm³/mol. The zero-order valence-corrected chi connectivity index (χ0v) is 10.6.